The number of aromatic nitrogens is 1. The Bertz CT molecular complexity index is 417. The van der Waals surface area contributed by atoms with Crippen molar-refractivity contribution < 1.29 is 0 Å². The van der Waals surface area contributed by atoms with Crippen LogP contribution in [0.4, 0.5) is 0 Å². The fourth-order valence-corrected chi connectivity index (χ4v) is 4.51. The molecule has 1 aromatic rings. The molecule has 5 atom stereocenters. The first kappa shape index (κ1) is 14.1. The summed E-state index contributed by atoms with van der Waals surface area (Å²) in [5.74, 6) is 3.05. The standard InChI is InChI=1S/C18H28N2/c1-13(17-8-4-5-11-20-17)18(19)16-10-9-14-6-2-3-7-15(14)12-16/h4-5,8,11,13-16,18H,2-3,6-7,9-10,12,19H2,1H3. The largest absolute Gasteiger partial charge is 0.327 e. The van der Waals surface area contributed by atoms with Gasteiger partial charge in [0.15, 0.2) is 0 Å². The molecule has 0 radical (unpaired) electrons. The normalized spacial score (nSPS) is 33.2. The van der Waals surface area contributed by atoms with Gasteiger partial charge in [0.25, 0.3) is 0 Å². The predicted octanol–water partition coefficient (Wildman–Crippen LogP) is 4.12. The maximum absolute atomic E-state index is 6.61. The van der Waals surface area contributed by atoms with Crippen molar-refractivity contribution in [3.63, 3.8) is 0 Å². The summed E-state index contributed by atoms with van der Waals surface area (Å²) in [4.78, 5) is 4.50. The van der Waals surface area contributed by atoms with Crippen LogP contribution in [0.15, 0.2) is 24.4 Å². The molecule has 2 aliphatic rings. The quantitative estimate of drug-likeness (QED) is 0.899. The van der Waals surface area contributed by atoms with Gasteiger partial charge in [0, 0.05) is 23.9 Å². The Kier molecular flexibility index (Phi) is 4.40. The highest BCUT2D eigenvalue weighted by molar-refractivity contribution is 5.11. The summed E-state index contributed by atoms with van der Waals surface area (Å²) in [5, 5.41) is 0. The van der Waals surface area contributed by atoms with E-state index in [2.05, 4.69) is 24.0 Å². The van der Waals surface area contributed by atoms with Crippen molar-refractivity contribution in [1.82, 2.24) is 4.98 Å². The van der Waals surface area contributed by atoms with Crippen molar-refractivity contribution in [2.45, 2.75) is 63.8 Å². The van der Waals surface area contributed by atoms with Crippen LogP contribution in [0, 0.1) is 17.8 Å². The average molecular weight is 272 g/mol. The van der Waals surface area contributed by atoms with Crippen molar-refractivity contribution in [3.8, 4) is 0 Å². The SMILES string of the molecule is CC(c1ccccn1)C(N)C1CCC2CCCCC2C1. The van der Waals surface area contributed by atoms with E-state index in [9.17, 15) is 0 Å². The summed E-state index contributed by atoms with van der Waals surface area (Å²) in [6, 6.07) is 6.45. The Hall–Kier alpha value is -0.890. The maximum Gasteiger partial charge on any atom is 0.0447 e. The fraction of sp³-hybridized carbons (Fsp3) is 0.722. The number of pyridine rings is 1. The number of hydrogen-bond acceptors (Lipinski definition) is 2. The zero-order valence-electron chi connectivity index (χ0n) is 12.7. The second-order valence-electron chi connectivity index (χ2n) is 7.00. The molecule has 20 heavy (non-hydrogen) atoms. The third kappa shape index (κ3) is 2.90. The van der Waals surface area contributed by atoms with Crippen LogP contribution in [0.2, 0.25) is 0 Å². The molecule has 2 aliphatic carbocycles. The zero-order valence-corrected chi connectivity index (χ0v) is 12.7. The molecule has 2 fully saturated rings. The van der Waals surface area contributed by atoms with Crippen LogP contribution in [-0.2, 0) is 0 Å². The van der Waals surface area contributed by atoms with E-state index in [1.807, 2.05) is 12.3 Å². The minimum Gasteiger partial charge on any atom is -0.327 e. The van der Waals surface area contributed by atoms with E-state index in [1.54, 1.807) is 0 Å². The predicted molar refractivity (Wildman–Crippen MR) is 83.4 cm³/mol. The first-order valence-electron chi connectivity index (χ1n) is 8.42. The summed E-state index contributed by atoms with van der Waals surface area (Å²) < 4.78 is 0. The van der Waals surface area contributed by atoms with Gasteiger partial charge in [0.05, 0.1) is 0 Å². The summed E-state index contributed by atoms with van der Waals surface area (Å²) in [6.45, 7) is 2.25. The van der Waals surface area contributed by atoms with Gasteiger partial charge in [-0.25, -0.2) is 0 Å². The second kappa shape index (κ2) is 6.26. The molecule has 0 bridgehead atoms. The Morgan fingerprint density at radius 3 is 2.65 bits per heavy atom. The lowest BCUT2D eigenvalue weighted by atomic mass is 9.65. The van der Waals surface area contributed by atoms with Gasteiger partial charge in [-0.15, -0.1) is 0 Å². The minimum atomic E-state index is 0.271. The van der Waals surface area contributed by atoms with Crippen LogP contribution >= 0.6 is 0 Å². The Morgan fingerprint density at radius 2 is 1.90 bits per heavy atom. The lowest BCUT2D eigenvalue weighted by Crippen LogP contribution is -2.40. The van der Waals surface area contributed by atoms with E-state index in [0.717, 1.165) is 17.5 Å². The van der Waals surface area contributed by atoms with Crippen molar-refractivity contribution in [3.05, 3.63) is 30.1 Å². The first-order valence-corrected chi connectivity index (χ1v) is 8.42. The fourth-order valence-electron chi connectivity index (χ4n) is 4.51. The summed E-state index contributed by atoms with van der Waals surface area (Å²) in [6.07, 6.45) is 11.8. The van der Waals surface area contributed by atoms with Gasteiger partial charge in [0.2, 0.25) is 0 Å². The third-order valence-corrected chi connectivity index (χ3v) is 5.86. The Morgan fingerprint density at radius 1 is 1.10 bits per heavy atom. The van der Waals surface area contributed by atoms with Gasteiger partial charge >= 0.3 is 0 Å². The molecular weight excluding hydrogens is 244 g/mol. The summed E-state index contributed by atoms with van der Waals surface area (Å²) >= 11 is 0. The molecule has 3 rings (SSSR count). The molecule has 0 aliphatic heterocycles. The van der Waals surface area contributed by atoms with Crippen molar-refractivity contribution in [2.75, 3.05) is 0 Å². The molecule has 0 amide bonds. The van der Waals surface area contributed by atoms with Crippen LogP contribution in [0.1, 0.15) is 63.5 Å². The highest BCUT2D eigenvalue weighted by Crippen LogP contribution is 2.44. The summed E-state index contributed by atoms with van der Waals surface area (Å²) in [5.41, 5.74) is 7.76. The average Bonchev–Trinajstić information content (AvgIpc) is 2.54. The molecule has 0 spiro atoms. The number of hydrogen-bond donors (Lipinski definition) is 1. The van der Waals surface area contributed by atoms with E-state index < -0.39 is 0 Å². The molecule has 110 valence electrons. The van der Waals surface area contributed by atoms with Crippen molar-refractivity contribution in [1.29, 1.82) is 0 Å². The van der Waals surface area contributed by atoms with Gasteiger partial charge < -0.3 is 5.73 Å². The first-order chi connectivity index (χ1) is 9.75. The van der Waals surface area contributed by atoms with Gasteiger partial charge in [-0.3, -0.25) is 4.98 Å². The van der Waals surface area contributed by atoms with E-state index in [0.29, 0.717) is 11.8 Å². The molecule has 0 aromatic carbocycles. The topological polar surface area (TPSA) is 38.9 Å². The molecule has 5 unspecified atom stereocenters. The molecule has 1 heterocycles. The van der Waals surface area contributed by atoms with Crippen LogP contribution in [0.3, 0.4) is 0 Å². The maximum atomic E-state index is 6.61. The molecular formula is C18H28N2. The Balaban J connectivity index is 1.64. The van der Waals surface area contributed by atoms with Crippen LogP contribution < -0.4 is 5.73 Å². The monoisotopic (exact) mass is 272 g/mol. The van der Waals surface area contributed by atoms with Crippen LogP contribution in [0.5, 0.6) is 0 Å². The second-order valence-corrected chi connectivity index (χ2v) is 7.00. The number of rotatable bonds is 3. The van der Waals surface area contributed by atoms with Gasteiger partial charge in [0.1, 0.15) is 0 Å². The van der Waals surface area contributed by atoms with E-state index in [4.69, 9.17) is 5.73 Å². The minimum absolute atomic E-state index is 0.271. The van der Waals surface area contributed by atoms with Gasteiger partial charge in [-0.1, -0.05) is 38.7 Å². The molecule has 2 heteroatoms. The third-order valence-electron chi connectivity index (χ3n) is 5.86. The Labute approximate surface area is 123 Å². The zero-order chi connectivity index (χ0) is 13.9. The van der Waals surface area contributed by atoms with E-state index >= 15 is 0 Å². The molecule has 0 saturated heterocycles. The molecule has 2 N–H and O–H groups in total. The number of fused-ring (bicyclic) bond motifs is 1. The van der Waals surface area contributed by atoms with Gasteiger partial charge in [-0.2, -0.15) is 0 Å². The molecule has 2 saturated carbocycles. The van der Waals surface area contributed by atoms with Crippen LogP contribution in [-0.4, -0.2) is 11.0 Å². The summed E-state index contributed by atoms with van der Waals surface area (Å²) in [7, 11) is 0. The number of nitrogens with zero attached hydrogens (tertiary/aromatic N) is 1. The lowest BCUT2D eigenvalue weighted by molar-refractivity contribution is 0.112. The molecule has 2 nitrogen and oxygen atoms in total. The molecule has 1 aromatic heterocycles. The highest BCUT2D eigenvalue weighted by atomic mass is 14.7. The highest BCUT2D eigenvalue weighted by Gasteiger charge is 2.36. The van der Waals surface area contributed by atoms with Crippen molar-refractivity contribution in [2.24, 2.45) is 23.5 Å². The lowest BCUT2D eigenvalue weighted by Gasteiger charge is -2.42. The van der Waals surface area contributed by atoms with Crippen molar-refractivity contribution >= 4 is 0 Å². The van der Waals surface area contributed by atoms with E-state index in [1.165, 1.54) is 44.9 Å². The smallest absolute Gasteiger partial charge is 0.0447 e. The van der Waals surface area contributed by atoms with Crippen LogP contribution in [0.25, 0.3) is 0 Å². The number of nitrogens with two attached hydrogens (primary N) is 1. The van der Waals surface area contributed by atoms with E-state index in [-0.39, 0.29) is 6.04 Å². The van der Waals surface area contributed by atoms with Gasteiger partial charge in [-0.05, 0) is 49.1 Å².